The fourth-order valence-electron chi connectivity index (χ4n) is 3.16. The molecule has 1 heterocycles. The minimum absolute atomic E-state index is 0.101. The average molecular weight is 516 g/mol. The number of anilines is 1. The van der Waals surface area contributed by atoms with Gasteiger partial charge in [-0.25, -0.2) is 8.42 Å². The van der Waals surface area contributed by atoms with Gasteiger partial charge in [-0.15, -0.1) is 0 Å². The maximum atomic E-state index is 13.0. The third-order valence-corrected chi connectivity index (χ3v) is 7.45. The summed E-state index contributed by atoms with van der Waals surface area (Å²) < 4.78 is 34.7. The SMILES string of the molecule is COC(=O)Cn1c(=NC(=O)c2cccc(NS(=O)(=O)c3ccccc3)c2)sc2cc(Cl)ccc21. The van der Waals surface area contributed by atoms with Crippen LogP contribution < -0.4 is 9.52 Å². The quantitative estimate of drug-likeness (QED) is 0.389. The van der Waals surface area contributed by atoms with E-state index in [1.165, 1.54) is 48.8 Å². The third-order valence-electron chi connectivity index (χ3n) is 4.77. The van der Waals surface area contributed by atoms with E-state index in [9.17, 15) is 18.0 Å². The van der Waals surface area contributed by atoms with Crippen LogP contribution in [-0.4, -0.2) is 32.0 Å². The number of carbonyl (C=O) groups excluding carboxylic acids is 2. The first-order valence-corrected chi connectivity index (χ1v) is 12.6. The van der Waals surface area contributed by atoms with Gasteiger partial charge in [0.05, 0.1) is 22.2 Å². The molecular weight excluding hydrogens is 498 g/mol. The molecule has 1 amide bonds. The van der Waals surface area contributed by atoms with Crippen LogP contribution in [0.15, 0.2) is 82.7 Å². The molecule has 0 aliphatic heterocycles. The average Bonchev–Trinajstić information content (AvgIpc) is 3.15. The zero-order valence-corrected chi connectivity index (χ0v) is 20.2. The van der Waals surface area contributed by atoms with E-state index in [1.807, 2.05) is 0 Å². The van der Waals surface area contributed by atoms with Crippen molar-refractivity contribution in [1.29, 1.82) is 0 Å². The van der Waals surface area contributed by atoms with Gasteiger partial charge < -0.3 is 9.30 Å². The van der Waals surface area contributed by atoms with Crippen LogP contribution in [0, 0.1) is 0 Å². The van der Waals surface area contributed by atoms with E-state index in [0.29, 0.717) is 10.5 Å². The summed E-state index contributed by atoms with van der Waals surface area (Å²) >= 11 is 7.28. The van der Waals surface area contributed by atoms with Crippen LogP contribution in [0.4, 0.5) is 5.69 Å². The normalized spacial score (nSPS) is 12.0. The zero-order valence-electron chi connectivity index (χ0n) is 17.8. The molecule has 34 heavy (non-hydrogen) atoms. The number of esters is 1. The van der Waals surface area contributed by atoms with Crippen LogP contribution in [-0.2, 0) is 26.1 Å². The van der Waals surface area contributed by atoms with Crippen LogP contribution >= 0.6 is 22.9 Å². The molecular formula is C23H18ClN3O5S2. The number of nitrogens with one attached hydrogen (secondary N) is 1. The molecule has 0 fully saturated rings. The zero-order chi connectivity index (χ0) is 24.3. The number of rotatable bonds is 6. The number of nitrogens with zero attached hydrogens (tertiary/aromatic N) is 2. The predicted molar refractivity (Wildman–Crippen MR) is 130 cm³/mol. The summed E-state index contributed by atoms with van der Waals surface area (Å²) in [6, 6.07) is 19.1. The number of amides is 1. The minimum atomic E-state index is -3.82. The van der Waals surface area contributed by atoms with Gasteiger partial charge in [-0.3, -0.25) is 14.3 Å². The Kier molecular flexibility index (Phi) is 6.82. The van der Waals surface area contributed by atoms with Crippen molar-refractivity contribution in [2.75, 3.05) is 11.8 Å². The molecule has 11 heteroatoms. The predicted octanol–water partition coefficient (Wildman–Crippen LogP) is 4.07. The topological polar surface area (TPSA) is 107 Å². The first-order chi connectivity index (χ1) is 16.3. The lowest BCUT2D eigenvalue weighted by atomic mass is 10.2. The third kappa shape index (κ3) is 5.19. The molecule has 174 valence electrons. The van der Waals surface area contributed by atoms with Crippen molar-refractivity contribution >= 4 is 60.7 Å². The maximum absolute atomic E-state index is 13.0. The standard InChI is InChI=1S/C23H18ClN3O5S2/c1-32-21(28)14-27-19-11-10-16(24)13-20(19)33-23(27)25-22(29)15-6-5-7-17(12-15)26-34(30,31)18-8-3-2-4-9-18/h2-13,26H,14H2,1H3. The Morgan fingerprint density at radius 2 is 1.82 bits per heavy atom. The lowest BCUT2D eigenvalue weighted by Crippen LogP contribution is -2.22. The number of halogens is 1. The monoisotopic (exact) mass is 515 g/mol. The molecule has 8 nitrogen and oxygen atoms in total. The molecule has 0 saturated heterocycles. The van der Waals surface area contributed by atoms with Crippen molar-refractivity contribution in [2.45, 2.75) is 11.4 Å². The van der Waals surface area contributed by atoms with Crippen molar-refractivity contribution in [3.8, 4) is 0 Å². The summed E-state index contributed by atoms with van der Waals surface area (Å²) in [4.78, 5) is 29.5. The summed E-state index contributed by atoms with van der Waals surface area (Å²) in [6.45, 7) is -0.138. The van der Waals surface area contributed by atoms with E-state index >= 15 is 0 Å². The lowest BCUT2D eigenvalue weighted by Gasteiger charge is -2.08. The number of benzene rings is 3. The largest absolute Gasteiger partial charge is 0.468 e. The Morgan fingerprint density at radius 3 is 2.56 bits per heavy atom. The molecule has 3 aromatic carbocycles. The second-order valence-electron chi connectivity index (χ2n) is 7.08. The van der Waals surface area contributed by atoms with Crippen molar-refractivity contribution in [1.82, 2.24) is 4.57 Å². The molecule has 0 unspecified atom stereocenters. The second-order valence-corrected chi connectivity index (χ2v) is 10.2. The van der Waals surface area contributed by atoms with E-state index in [2.05, 4.69) is 9.71 Å². The van der Waals surface area contributed by atoms with E-state index in [0.717, 1.165) is 4.70 Å². The molecule has 0 aliphatic rings. The van der Waals surface area contributed by atoms with Gasteiger partial charge in [0, 0.05) is 16.3 Å². The van der Waals surface area contributed by atoms with Gasteiger partial charge in [0.1, 0.15) is 6.54 Å². The van der Waals surface area contributed by atoms with Crippen molar-refractivity contribution in [3.05, 3.63) is 88.2 Å². The number of thiazole rings is 1. The fourth-order valence-corrected chi connectivity index (χ4v) is 5.53. The van der Waals surface area contributed by atoms with Crippen molar-refractivity contribution in [2.24, 2.45) is 4.99 Å². The lowest BCUT2D eigenvalue weighted by molar-refractivity contribution is -0.141. The highest BCUT2D eigenvalue weighted by molar-refractivity contribution is 7.92. The van der Waals surface area contributed by atoms with Gasteiger partial charge in [-0.05, 0) is 48.5 Å². The first kappa shape index (κ1) is 23.7. The van der Waals surface area contributed by atoms with E-state index in [-0.39, 0.29) is 27.5 Å². The number of ether oxygens (including phenoxy) is 1. The van der Waals surface area contributed by atoms with Crippen LogP contribution in [0.2, 0.25) is 5.02 Å². The van der Waals surface area contributed by atoms with E-state index < -0.39 is 21.9 Å². The summed E-state index contributed by atoms with van der Waals surface area (Å²) in [7, 11) is -2.54. The summed E-state index contributed by atoms with van der Waals surface area (Å²) in [5.41, 5.74) is 1.07. The molecule has 1 aromatic heterocycles. The number of fused-ring (bicyclic) bond motifs is 1. The second kappa shape index (κ2) is 9.80. The number of aromatic nitrogens is 1. The Morgan fingerprint density at radius 1 is 1.06 bits per heavy atom. The van der Waals surface area contributed by atoms with E-state index in [4.69, 9.17) is 16.3 Å². The molecule has 0 atom stereocenters. The maximum Gasteiger partial charge on any atom is 0.325 e. The highest BCUT2D eigenvalue weighted by Crippen LogP contribution is 2.22. The van der Waals surface area contributed by atoms with Gasteiger partial charge in [0.25, 0.3) is 15.9 Å². The number of methoxy groups -OCH3 is 1. The van der Waals surface area contributed by atoms with E-state index in [1.54, 1.807) is 47.0 Å². The van der Waals surface area contributed by atoms with Crippen LogP contribution in [0.1, 0.15) is 10.4 Å². The summed E-state index contributed by atoms with van der Waals surface area (Å²) in [6.07, 6.45) is 0. The fraction of sp³-hybridized carbons (Fsp3) is 0.0870. The smallest absolute Gasteiger partial charge is 0.325 e. The summed E-state index contributed by atoms with van der Waals surface area (Å²) in [5, 5.41) is 0.509. The molecule has 0 saturated carbocycles. The van der Waals surface area contributed by atoms with Gasteiger partial charge in [-0.2, -0.15) is 4.99 Å². The highest BCUT2D eigenvalue weighted by atomic mass is 35.5. The molecule has 0 spiro atoms. The minimum Gasteiger partial charge on any atom is -0.468 e. The Labute approximate surface area is 204 Å². The first-order valence-electron chi connectivity index (χ1n) is 9.89. The van der Waals surface area contributed by atoms with Gasteiger partial charge in [0.2, 0.25) is 0 Å². The number of hydrogen-bond donors (Lipinski definition) is 1. The molecule has 0 bridgehead atoms. The molecule has 0 aliphatic carbocycles. The van der Waals surface area contributed by atoms with Gasteiger partial charge in [-0.1, -0.05) is 47.2 Å². The van der Waals surface area contributed by atoms with Crippen molar-refractivity contribution in [3.63, 3.8) is 0 Å². The van der Waals surface area contributed by atoms with Crippen LogP contribution in [0.3, 0.4) is 0 Å². The number of sulfonamides is 1. The van der Waals surface area contributed by atoms with Gasteiger partial charge in [0.15, 0.2) is 4.80 Å². The van der Waals surface area contributed by atoms with Gasteiger partial charge >= 0.3 is 5.97 Å². The van der Waals surface area contributed by atoms with Crippen LogP contribution in [0.5, 0.6) is 0 Å². The molecule has 1 N–H and O–H groups in total. The van der Waals surface area contributed by atoms with Crippen LogP contribution in [0.25, 0.3) is 10.2 Å². The Balaban J connectivity index is 1.70. The number of carbonyl (C=O) groups is 2. The van der Waals surface area contributed by atoms with Crippen molar-refractivity contribution < 1.29 is 22.7 Å². The molecule has 4 aromatic rings. The molecule has 4 rings (SSSR count). The summed E-state index contributed by atoms with van der Waals surface area (Å²) in [5.74, 6) is -1.10. The number of hydrogen-bond acceptors (Lipinski definition) is 6. The molecule has 0 radical (unpaired) electrons. The highest BCUT2D eigenvalue weighted by Gasteiger charge is 2.16. The Hall–Kier alpha value is -3.47. The Bertz CT molecular complexity index is 1560.